The molecule has 1 heterocycles. The van der Waals surface area contributed by atoms with Crippen molar-refractivity contribution >= 4 is 21.5 Å². The van der Waals surface area contributed by atoms with Gasteiger partial charge in [0.2, 0.25) is 10.0 Å². The molecule has 0 unspecified atom stereocenters. The van der Waals surface area contributed by atoms with Crippen LogP contribution in [0, 0.1) is 0 Å². The van der Waals surface area contributed by atoms with Gasteiger partial charge in [0, 0.05) is 12.7 Å². The molecule has 0 aliphatic rings. The molecule has 0 saturated carbocycles. The standard InChI is InChI=1S/C9H12F3N3O2S/c1-3-13-7-4-6(9(10,11)12)5-14-8(7)15-18(2,16)17/h4-5,13H,3H2,1-2H3,(H,14,15). The molecule has 1 rings (SSSR count). The van der Waals surface area contributed by atoms with Gasteiger partial charge in [0.15, 0.2) is 5.82 Å². The van der Waals surface area contributed by atoms with E-state index in [0.29, 0.717) is 12.7 Å². The normalized spacial score (nSPS) is 12.3. The van der Waals surface area contributed by atoms with Crippen LogP contribution in [-0.2, 0) is 16.2 Å². The van der Waals surface area contributed by atoms with Crippen molar-refractivity contribution in [2.45, 2.75) is 13.1 Å². The van der Waals surface area contributed by atoms with Gasteiger partial charge in [-0.15, -0.1) is 0 Å². The molecule has 0 fully saturated rings. The molecule has 0 aliphatic heterocycles. The molecular weight excluding hydrogens is 271 g/mol. The highest BCUT2D eigenvalue weighted by Gasteiger charge is 2.31. The summed E-state index contributed by atoms with van der Waals surface area (Å²) >= 11 is 0. The number of halogens is 3. The van der Waals surface area contributed by atoms with E-state index in [0.717, 1.165) is 12.3 Å². The van der Waals surface area contributed by atoms with Gasteiger partial charge in [-0.2, -0.15) is 13.2 Å². The summed E-state index contributed by atoms with van der Waals surface area (Å²) in [5, 5.41) is 2.62. The van der Waals surface area contributed by atoms with Crippen LogP contribution in [0.2, 0.25) is 0 Å². The number of pyridine rings is 1. The summed E-state index contributed by atoms with van der Waals surface area (Å²) in [5.41, 5.74) is -0.963. The Morgan fingerprint density at radius 3 is 2.44 bits per heavy atom. The Kier molecular flexibility index (Phi) is 4.05. The lowest BCUT2D eigenvalue weighted by molar-refractivity contribution is -0.137. The molecule has 2 N–H and O–H groups in total. The minimum atomic E-state index is -4.53. The summed E-state index contributed by atoms with van der Waals surface area (Å²) in [5.74, 6) is -0.160. The van der Waals surface area contributed by atoms with Crippen molar-refractivity contribution < 1.29 is 21.6 Å². The van der Waals surface area contributed by atoms with Crippen LogP contribution in [0.15, 0.2) is 12.3 Å². The molecule has 0 aromatic carbocycles. The van der Waals surface area contributed by atoms with Crippen molar-refractivity contribution in [2.24, 2.45) is 0 Å². The van der Waals surface area contributed by atoms with Crippen molar-refractivity contribution in [3.63, 3.8) is 0 Å². The predicted molar refractivity (Wildman–Crippen MR) is 61.9 cm³/mol. The highest BCUT2D eigenvalue weighted by Crippen LogP contribution is 2.32. The van der Waals surface area contributed by atoms with E-state index in [-0.39, 0.29) is 11.5 Å². The fourth-order valence-corrected chi connectivity index (χ4v) is 1.72. The largest absolute Gasteiger partial charge is 0.417 e. The first kappa shape index (κ1) is 14.6. The lowest BCUT2D eigenvalue weighted by Gasteiger charge is -2.13. The minimum absolute atomic E-state index is 0.0160. The van der Waals surface area contributed by atoms with E-state index in [2.05, 4.69) is 10.3 Å². The van der Waals surface area contributed by atoms with Gasteiger partial charge in [-0.05, 0) is 13.0 Å². The van der Waals surface area contributed by atoms with E-state index < -0.39 is 21.8 Å². The molecule has 0 atom stereocenters. The molecule has 18 heavy (non-hydrogen) atoms. The van der Waals surface area contributed by atoms with Gasteiger partial charge in [0.25, 0.3) is 0 Å². The molecule has 9 heteroatoms. The van der Waals surface area contributed by atoms with E-state index in [1.54, 1.807) is 6.92 Å². The van der Waals surface area contributed by atoms with Crippen LogP contribution in [0.1, 0.15) is 12.5 Å². The quantitative estimate of drug-likeness (QED) is 0.885. The summed E-state index contributed by atoms with van der Waals surface area (Å²) in [4.78, 5) is 3.48. The van der Waals surface area contributed by atoms with Gasteiger partial charge >= 0.3 is 6.18 Å². The number of rotatable bonds is 4. The lowest BCUT2D eigenvalue weighted by atomic mass is 10.2. The molecule has 102 valence electrons. The topological polar surface area (TPSA) is 71.1 Å². The van der Waals surface area contributed by atoms with Crippen LogP contribution >= 0.6 is 0 Å². The zero-order chi connectivity index (χ0) is 14.0. The van der Waals surface area contributed by atoms with E-state index in [1.165, 1.54) is 0 Å². The molecule has 5 nitrogen and oxygen atoms in total. The first-order valence-corrected chi connectivity index (χ1v) is 6.81. The van der Waals surface area contributed by atoms with Gasteiger partial charge in [-0.25, -0.2) is 13.4 Å². The number of nitrogens with zero attached hydrogens (tertiary/aromatic N) is 1. The van der Waals surface area contributed by atoms with Crippen molar-refractivity contribution in [2.75, 3.05) is 22.8 Å². The third-order valence-electron chi connectivity index (χ3n) is 1.86. The lowest BCUT2D eigenvalue weighted by Crippen LogP contribution is -2.15. The highest BCUT2D eigenvalue weighted by molar-refractivity contribution is 7.92. The van der Waals surface area contributed by atoms with Crippen LogP contribution in [0.4, 0.5) is 24.7 Å². The van der Waals surface area contributed by atoms with Crippen LogP contribution in [0.5, 0.6) is 0 Å². The van der Waals surface area contributed by atoms with E-state index in [9.17, 15) is 21.6 Å². The van der Waals surface area contributed by atoms with Crippen molar-refractivity contribution in [1.82, 2.24) is 4.98 Å². The molecule has 0 amide bonds. The summed E-state index contributed by atoms with van der Waals surface area (Å²) < 4.78 is 61.5. The van der Waals surface area contributed by atoms with Gasteiger partial charge in [0.05, 0.1) is 17.5 Å². The number of aromatic nitrogens is 1. The van der Waals surface area contributed by atoms with Gasteiger partial charge in [-0.3, -0.25) is 4.72 Å². The maximum atomic E-state index is 12.5. The number of nitrogens with one attached hydrogen (secondary N) is 2. The van der Waals surface area contributed by atoms with Gasteiger partial charge in [0.1, 0.15) is 0 Å². The van der Waals surface area contributed by atoms with E-state index in [1.807, 2.05) is 4.72 Å². The second kappa shape index (κ2) is 5.01. The molecule has 0 aliphatic carbocycles. The number of sulfonamides is 1. The molecular formula is C9H12F3N3O2S. The Labute approximate surface area is 102 Å². The number of alkyl halides is 3. The molecule has 1 aromatic heterocycles. The fraction of sp³-hybridized carbons (Fsp3) is 0.444. The summed E-state index contributed by atoms with van der Waals surface area (Å²) in [7, 11) is -3.60. The first-order valence-electron chi connectivity index (χ1n) is 4.92. The number of anilines is 2. The summed E-state index contributed by atoms with van der Waals surface area (Å²) in [6.07, 6.45) is -3.06. The Bertz CT molecular complexity index is 528. The molecule has 1 aromatic rings. The molecule has 0 spiro atoms. The molecule has 0 bridgehead atoms. The van der Waals surface area contributed by atoms with Crippen LogP contribution in [0.3, 0.4) is 0 Å². The van der Waals surface area contributed by atoms with Crippen LogP contribution in [0.25, 0.3) is 0 Å². The predicted octanol–water partition coefficient (Wildman–Crippen LogP) is 1.90. The fourth-order valence-electron chi connectivity index (χ4n) is 1.20. The SMILES string of the molecule is CCNc1cc(C(F)(F)F)cnc1NS(C)(=O)=O. The Morgan fingerprint density at radius 1 is 1.39 bits per heavy atom. The van der Waals surface area contributed by atoms with Crippen LogP contribution < -0.4 is 10.0 Å². The third-order valence-corrected chi connectivity index (χ3v) is 2.43. The third kappa shape index (κ3) is 4.06. The van der Waals surface area contributed by atoms with Crippen molar-refractivity contribution in [3.05, 3.63) is 17.8 Å². The Morgan fingerprint density at radius 2 is 2.00 bits per heavy atom. The van der Waals surface area contributed by atoms with Crippen molar-refractivity contribution in [3.8, 4) is 0 Å². The van der Waals surface area contributed by atoms with Gasteiger partial charge < -0.3 is 5.32 Å². The zero-order valence-corrected chi connectivity index (χ0v) is 10.5. The maximum Gasteiger partial charge on any atom is 0.417 e. The second-order valence-electron chi connectivity index (χ2n) is 3.52. The summed E-state index contributed by atoms with van der Waals surface area (Å²) in [6.45, 7) is 2.01. The average molecular weight is 283 g/mol. The zero-order valence-electron chi connectivity index (χ0n) is 9.67. The smallest absolute Gasteiger partial charge is 0.382 e. The molecule has 0 radical (unpaired) electrons. The molecule has 0 saturated heterocycles. The van der Waals surface area contributed by atoms with Crippen molar-refractivity contribution in [1.29, 1.82) is 0 Å². The highest BCUT2D eigenvalue weighted by atomic mass is 32.2. The summed E-state index contributed by atoms with van der Waals surface area (Å²) in [6, 6.07) is 0.810. The monoisotopic (exact) mass is 283 g/mol. The van der Waals surface area contributed by atoms with Crippen LogP contribution in [-0.4, -0.2) is 26.2 Å². The van der Waals surface area contributed by atoms with Gasteiger partial charge in [-0.1, -0.05) is 0 Å². The minimum Gasteiger partial charge on any atom is -0.382 e. The average Bonchev–Trinajstić information content (AvgIpc) is 2.17. The van der Waals surface area contributed by atoms with E-state index in [4.69, 9.17) is 0 Å². The number of hydrogen-bond acceptors (Lipinski definition) is 4. The maximum absolute atomic E-state index is 12.5. The Hall–Kier alpha value is -1.51. The van der Waals surface area contributed by atoms with E-state index >= 15 is 0 Å². The first-order chi connectivity index (χ1) is 8.13. The second-order valence-corrected chi connectivity index (χ2v) is 5.27. The number of hydrogen-bond donors (Lipinski definition) is 2. The Balaban J connectivity index is 3.20.